The molecule has 2 aliphatic rings. The van der Waals surface area contributed by atoms with Gasteiger partial charge in [0.2, 0.25) is 11.8 Å². The highest BCUT2D eigenvalue weighted by Crippen LogP contribution is 2.26. The molecular weight excluding hydrogens is 399 g/mol. The van der Waals surface area contributed by atoms with Crippen LogP contribution in [0.3, 0.4) is 0 Å². The predicted octanol–water partition coefficient (Wildman–Crippen LogP) is 1.69. The highest BCUT2D eigenvalue weighted by Gasteiger charge is 2.41. The van der Waals surface area contributed by atoms with Gasteiger partial charge in [-0.1, -0.05) is 29.3 Å². The van der Waals surface area contributed by atoms with Gasteiger partial charge in [0.05, 0.1) is 17.4 Å². The van der Waals surface area contributed by atoms with Crippen molar-refractivity contribution in [2.75, 3.05) is 24.6 Å². The average molecular weight is 419 g/mol. The molecule has 2 amide bonds. The monoisotopic (exact) mass is 418 g/mol. The minimum atomic E-state index is -3.06. The van der Waals surface area contributed by atoms with Gasteiger partial charge in [0, 0.05) is 35.6 Å². The van der Waals surface area contributed by atoms with Crippen molar-refractivity contribution < 1.29 is 18.0 Å². The molecule has 1 aromatic rings. The lowest BCUT2D eigenvalue weighted by Crippen LogP contribution is -2.39. The van der Waals surface area contributed by atoms with Crippen LogP contribution in [0, 0.1) is 5.92 Å². The largest absolute Gasteiger partial charge is 0.355 e. The van der Waals surface area contributed by atoms with Crippen molar-refractivity contribution in [1.82, 2.24) is 10.2 Å². The number of likely N-dealkylation sites (tertiary alicyclic amines) is 1. The Morgan fingerprint density at radius 1 is 1.31 bits per heavy atom. The van der Waals surface area contributed by atoms with E-state index in [-0.39, 0.29) is 42.3 Å². The van der Waals surface area contributed by atoms with Crippen molar-refractivity contribution >= 4 is 44.9 Å². The summed E-state index contributed by atoms with van der Waals surface area (Å²) in [5, 5.41) is 3.94. The Morgan fingerprint density at radius 3 is 2.73 bits per heavy atom. The zero-order valence-corrected chi connectivity index (χ0v) is 16.4. The van der Waals surface area contributed by atoms with Crippen LogP contribution >= 0.6 is 23.2 Å². The molecule has 2 saturated heterocycles. The molecule has 0 aromatic heterocycles. The minimum Gasteiger partial charge on any atom is -0.355 e. The molecule has 0 aliphatic carbocycles. The van der Waals surface area contributed by atoms with E-state index in [1.165, 1.54) is 0 Å². The molecule has 0 spiro atoms. The van der Waals surface area contributed by atoms with Crippen molar-refractivity contribution in [1.29, 1.82) is 0 Å². The number of rotatable bonds is 5. The number of carbonyl (C=O) groups is 2. The summed E-state index contributed by atoms with van der Waals surface area (Å²) in [7, 11) is -3.06. The molecule has 2 fully saturated rings. The molecule has 0 radical (unpaired) electrons. The van der Waals surface area contributed by atoms with Crippen LogP contribution in [0.4, 0.5) is 0 Å². The lowest BCUT2D eigenvalue weighted by Gasteiger charge is -2.22. The Labute approximate surface area is 162 Å². The Kier molecular flexibility index (Phi) is 5.79. The van der Waals surface area contributed by atoms with Crippen LogP contribution in [0.5, 0.6) is 0 Å². The van der Waals surface area contributed by atoms with E-state index in [4.69, 9.17) is 23.2 Å². The predicted molar refractivity (Wildman–Crippen MR) is 100 cm³/mol. The summed E-state index contributed by atoms with van der Waals surface area (Å²) in [4.78, 5) is 26.1. The highest BCUT2D eigenvalue weighted by atomic mass is 35.5. The van der Waals surface area contributed by atoms with Crippen LogP contribution in [0.2, 0.25) is 10.0 Å². The summed E-state index contributed by atoms with van der Waals surface area (Å²) in [6.07, 6.45) is 1.15. The van der Waals surface area contributed by atoms with E-state index in [2.05, 4.69) is 5.32 Å². The Hall–Kier alpha value is -1.31. The quantitative estimate of drug-likeness (QED) is 0.788. The van der Waals surface area contributed by atoms with Gasteiger partial charge in [0.1, 0.15) is 0 Å². The first-order valence-corrected chi connectivity index (χ1v) is 11.0. The molecule has 6 nitrogen and oxygen atoms in total. The molecule has 9 heteroatoms. The number of nitrogens with zero attached hydrogens (tertiary/aromatic N) is 1. The molecule has 142 valence electrons. The number of benzene rings is 1. The lowest BCUT2D eigenvalue weighted by molar-refractivity contribution is -0.130. The standard InChI is InChI=1S/C17H20Cl2N2O4S/c18-13-2-1-11(15(19)8-13)3-5-20-17(23)12-7-16(22)21(9-12)14-4-6-26(24,25)10-14/h1-2,8,12,14H,3-7,9-10H2,(H,20,23)/t12-,14-/m0/s1. The molecule has 1 aromatic carbocycles. The fourth-order valence-corrected chi connectivity index (χ4v) is 5.70. The van der Waals surface area contributed by atoms with E-state index in [0.717, 1.165) is 5.56 Å². The maximum Gasteiger partial charge on any atom is 0.225 e. The van der Waals surface area contributed by atoms with Gasteiger partial charge in [-0.3, -0.25) is 9.59 Å². The van der Waals surface area contributed by atoms with Gasteiger partial charge in [-0.05, 0) is 30.5 Å². The smallest absolute Gasteiger partial charge is 0.225 e. The summed E-state index contributed by atoms with van der Waals surface area (Å²) in [5.41, 5.74) is 0.886. The molecule has 0 unspecified atom stereocenters. The van der Waals surface area contributed by atoms with Crippen molar-refractivity contribution in [3.8, 4) is 0 Å². The van der Waals surface area contributed by atoms with E-state index in [1.807, 2.05) is 6.07 Å². The molecule has 2 aliphatic heterocycles. The normalized spacial score (nSPS) is 24.8. The average Bonchev–Trinajstić information content (AvgIpc) is 3.11. The van der Waals surface area contributed by atoms with Crippen molar-refractivity contribution in [3.63, 3.8) is 0 Å². The van der Waals surface area contributed by atoms with Crippen LogP contribution in [-0.2, 0) is 25.8 Å². The first kappa shape index (κ1) is 19.5. The Morgan fingerprint density at radius 2 is 2.08 bits per heavy atom. The molecule has 2 heterocycles. The van der Waals surface area contributed by atoms with E-state index >= 15 is 0 Å². The molecule has 0 saturated carbocycles. The fourth-order valence-electron chi connectivity index (χ4n) is 3.47. The number of nitrogens with one attached hydrogen (secondary N) is 1. The van der Waals surface area contributed by atoms with Gasteiger partial charge < -0.3 is 10.2 Å². The van der Waals surface area contributed by atoms with Crippen LogP contribution in [0.25, 0.3) is 0 Å². The van der Waals surface area contributed by atoms with Gasteiger partial charge in [0.15, 0.2) is 9.84 Å². The van der Waals surface area contributed by atoms with Gasteiger partial charge in [0.25, 0.3) is 0 Å². The van der Waals surface area contributed by atoms with Crippen molar-refractivity contribution in [3.05, 3.63) is 33.8 Å². The zero-order valence-electron chi connectivity index (χ0n) is 14.1. The number of sulfone groups is 1. The third kappa shape index (κ3) is 4.50. The second-order valence-electron chi connectivity index (χ2n) is 6.78. The fraction of sp³-hybridized carbons (Fsp3) is 0.529. The topological polar surface area (TPSA) is 83.6 Å². The third-order valence-corrected chi connectivity index (χ3v) is 7.22. The van der Waals surface area contributed by atoms with Crippen LogP contribution in [0.15, 0.2) is 18.2 Å². The molecule has 2 atom stereocenters. The number of amides is 2. The SMILES string of the molecule is O=C(NCCc1ccc(Cl)cc1Cl)[C@H]1CC(=O)N([C@H]2CCS(=O)(=O)C2)C1. The maximum atomic E-state index is 12.3. The van der Waals surface area contributed by atoms with E-state index in [0.29, 0.717) is 29.4 Å². The summed E-state index contributed by atoms with van der Waals surface area (Å²) < 4.78 is 23.2. The van der Waals surface area contributed by atoms with Crippen molar-refractivity contribution in [2.45, 2.75) is 25.3 Å². The van der Waals surface area contributed by atoms with Gasteiger partial charge in [-0.25, -0.2) is 8.42 Å². The second-order valence-corrected chi connectivity index (χ2v) is 9.85. The first-order valence-electron chi connectivity index (χ1n) is 8.47. The first-order chi connectivity index (χ1) is 12.2. The van der Waals surface area contributed by atoms with E-state index in [1.54, 1.807) is 17.0 Å². The zero-order chi connectivity index (χ0) is 18.9. The van der Waals surface area contributed by atoms with Gasteiger partial charge >= 0.3 is 0 Å². The summed E-state index contributed by atoms with van der Waals surface area (Å²) in [5.74, 6) is -0.659. The van der Waals surface area contributed by atoms with E-state index in [9.17, 15) is 18.0 Å². The number of carbonyl (C=O) groups excluding carboxylic acids is 2. The molecule has 1 N–H and O–H groups in total. The minimum absolute atomic E-state index is 0.00213. The molecule has 26 heavy (non-hydrogen) atoms. The molecular formula is C17H20Cl2N2O4S. The Balaban J connectivity index is 1.50. The second kappa shape index (κ2) is 7.74. The number of hydrogen-bond donors (Lipinski definition) is 1. The number of halogens is 2. The van der Waals surface area contributed by atoms with Gasteiger partial charge in [-0.2, -0.15) is 0 Å². The maximum absolute atomic E-state index is 12.3. The summed E-state index contributed by atoms with van der Waals surface area (Å²) in [6, 6.07) is 4.92. The van der Waals surface area contributed by atoms with E-state index < -0.39 is 15.8 Å². The number of hydrogen-bond acceptors (Lipinski definition) is 4. The third-order valence-electron chi connectivity index (χ3n) is 4.89. The van der Waals surface area contributed by atoms with Crippen LogP contribution < -0.4 is 5.32 Å². The summed E-state index contributed by atoms with van der Waals surface area (Å²) >= 11 is 12.0. The lowest BCUT2D eigenvalue weighted by atomic mass is 10.1. The van der Waals surface area contributed by atoms with Crippen LogP contribution in [0.1, 0.15) is 18.4 Å². The molecule has 0 bridgehead atoms. The van der Waals surface area contributed by atoms with Crippen LogP contribution in [-0.4, -0.2) is 55.8 Å². The Bertz CT molecular complexity index is 828. The molecule has 3 rings (SSSR count). The van der Waals surface area contributed by atoms with Crippen molar-refractivity contribution in [2.24, 2.45) is 5.92 Å². The summed E-state index contributed by atoms with van der Waals surface area (Å²) in [6.45, 7) is 0.690. The highest BCUT2D eigenvalue weighted by molar-refractivity contribution is 7.91. The van der Waals surface area contributed by atoms with Gasteiger partial charge in [-0.15, -0.1) is 0 Å².